The molecular formula is C29H52N10O11. The van der Waals surface area contributed by atoms with E-state index in [4.69, 9.17) is 17.2 Å². The van der Waals surface area contributed by atoms with Gasteiger partial charge in [0, 0.05) is 6.54 Å². The van der Waals surface area contributed by atoms with Crippen molar-refractivity contribution in [2.75, 3.05) is 13.2 Å². The smallest absolute Gasteiger partial charge is 0.326 e. The molecule has 21 nitrogen and oxygen atoms in total. The number of nitrogens with one attached hydrogen (secondary N) is 6. The largest absolute Gasteiger partial charge is 0.481 e. The van der Waals surface area contributed by atoms with Gasteiger partial charge in [-0.2, -0.15) is 0 Å². The maximum atomic E-state index is 13.1. The molecule has 50 heavy (non-hydrogen) atoms. The highest BCUT2D eigenvalue weighted by atomic mass is 16.4. The highest BCUT2D eigenvalue weighted by Crippen LogP contribution is 2.06. The van der Waals surface area contributed by atoms with Gasteiger partial charge in [-0.1, -0.05) is 27.7 Å². The topological polar surface area (TPSA) is 360 Å². The van der Waals surface area contributed by atoms with Crippen LogP contribution < -0.4 is 49.1 Å². The molecule has 7 atom stereocenters. The summed E-state index contributed by atoms with van der Waals surface area (Å²) in [7, 11) is 0. The molecule has 0 aromatic carbocycles. The Labute approximate surface area is 289 Å². The van der Waals surface area contributed by atoms with Crippen LogP contribution in [0.5, 0.6) is 0 Å². The van der Waals surface area contributed by atoms with Gasteiger partial charge in [0.15, 0.2) is 5.96 Å². The summed E-state index contributed by atoms with van der Waals surface area (Å²) in [5, 5.41) is 42.3. The highest BCUT2D eigenvalue weighted by Gasteiger charge is 2.33. The number of nitrogens with two attached hydrogens (primary N) is 3. The van der Waals surface area contributed by atoms with Crippen LogP contribution in [0, 0.1) is 11.8 Å². The molecular weight excluding hydrogens is 664 g/mol. The molecule has 0 fully saturated rings. The fraction of sp³-hybridized carbons (Fsp3) is 0.690. The van der Waals surface area contributed by atoms with Gasteiger partial charge in [0.25, 0.3) is 0 Å². The van der Waals surface area contributed by atoms with E-state index in [9.17, 15) is 53.7 Å². The van der Waals surface area contributed by atoms with Crippen molar-refractivity contribution in [1.82, 2.24) is 31.9 Å². The standard InChI is InChI=1S/C29H52N10O11/c1-12(2)20(30)26(47)35-15(6)23(44)39-21(13(3)4)27(48)38-18(11-40)25(46)34-14(5)22(43)37-17(10-19(41)42)24(45)36-16(28(49)50)8-7-9-33-29(31)32/h12-18,20-21,40H,7-11,30H2,1-6H3,(H,34,46)(H,35,47)(H,36,45)(H,37,43)(H,38,48)(H,39,44)(H,41,42)(H,49,50)(H4,31,32,33)/t14-,15-,16-,17-,18-,20-,21-/m0/s1. The summed E-state index contributed by atoms with van der Waals surface area (Å²) in [5.41, 5.74) is 16.2. The molecule has 0 aliphatic rings. The first-order valence-corrected chi connectivity index (χ1v) is 15.8. The molecule has 0 unspecified atom stereocenters. The average molecular weight is 717 g/mol. The SMILES string of the molecule is CC(C)[C@H](N)C(=O)N[C@@H](C)C(=O)N[C@H](C(=O)N[C@@H](CO)C(=O)N[C@@H](C)C(=O)N[C@@H](CC(=O)O)C(=O)N[C@@H](CCCN=C(N)N)C(=O)O)C(C)C. The fourth-order valence-corrected chi connectivity index (χ4v) is 4.04. The number of amides is 6. The van der Waals surface area contributed by atoms with Gasteiger partial charge in [0.05, 0.1) is 19.1 Å². The van der Waals surface area contributed by atoms with Crippen molar-refractivity contribution in [2.24, 2.45) is 34.0 Å². The van der Waals surface area contributed by atoms with E-state index in [-0.39, 0.29) is 31.3 Å². The van der Waals surface area contributed by atoms with Gasteiger partial charge in [-0.05, 0) is 38.5 Å². The third-order valence-electron chi connectivity index (χ3n) is 7.16. The van der Waals surface area contributed by atoms with Crippen molar-refractivity contribution in [1.29, 1.82) is 0 Å². The Balaban J connectivity index is 5.50. The van der Waals surface area contributed by atoms with E-state index in [1.165, 1.54) is 13.8 Å². The summed E-state index contributed by atoms with van der Waals surface area (Å²) in [4.78, 5) is 103. The Hall–Kier alpha value is -5.05. The molecule has 15 N–H and O–H groups in total. The van der Waals surface area contributed by atoms with E-state index in [0.717, 1.165) is 0 Å². The van der Waals surface area contributed by atoms with Crippen LogP contribution in [-0.4, -0.2) is 124 Å². The van der Waals surface area contributed by atoms with Gasteiger partial charge >= 0.3 is 11.9 Å². The molecule has 0 aromatic rings. The van der Waals surface area contributed by atoms with Crippen molar-refractivity contribution in [3.8, 4) is 0 Å². The summed E-state index contributed by atoms with van der Waals surface area (Å²) in [6.45, 7) is 8.32. The number of rotatable bonds is 22. The van der Waals surface area contributed by atoms with Crippen molar-refractivity contribution in [2.45, 2.75) is 103 Å². The van der Waals surface area contributed by atoms with Crippen LogP contribution in [0.3, 0.4) is 0 Å². The summed E-state index contributed by atoms with van der Waals surface area (Å²) >= 11 is 0. The normalized spacial score (nSPS) is 15.2. The number of carbonyl (C=O) groups is 8. The lowest BCUT2D eigenvalue weighted by Gasteiger charge is -2.27. The molecule has 0 bridgehead atoms. The second-order valence-corrected chi connectivity index (χ2v) is 12.2. The lowest BCUT2D eigenvalue weighted by molar-refractivity contribution is -0.143. The molecule has 0 spiro atoms. The average Bonchev–Trinajstić information content (AvgIpc) is 3.01. The van der Waals surface area contributed by atoms with Crippen LogP contribution in [0.15, 0.2) is 4.99 Å². The molecule has 0 saturated carbocycles. The predicted molar refractivity (Wildman–Crippen MR) is 177 cm³/mol. The zero-order valence-electron chi connectivity index (χ0n) is 29.0. The van der Waals surface area contributed by atoms with E-state index in [2.05, 4.69) is 36.9 Å². The highest BCUT2D eigenvalue weighted by molar-refractivity contribution is 5.97. The van der Waals surface area contributed by atoms with E-state index < -0.39 is 109 Å². The lowest BCUT2D eigenvalue weighted by atomic mass is 10.0. The summed E-state index contributed by atoms with van der Waals surface area (Å²) in [6, 6.07) is -9.46. The predicted octanol–water partition coefficient (Wildman–Crippen LogP) is -4.82. The number of aliphatic hydroxyl groups is 1. The Morgan fingerprint density at radius 1 is 0.620 bits per heavy atom. The maximum absolute atomic E-state index is 13.1. The quantitative estimate of drug-likeness (QED) is 0.0284. The van der Waals surface area contributed by atoms with Gasteiger partial charge in [-0.3, -0.25) is 38.6 Å². The van der Waals surface area contributed by atoms with Crippen molar-refractivity contribution in [3.05, 3.63) is 0 Å². The minimum absolute atomic E-state index is 0.0591. The molecule has 6 amide bonds. The van der Waals surface area contributed by atoms with Crippen LogP contribution in [0.1, 0.15) is 60.8 Å². The van der Waals surface area contributed by atoms with Crippen molar-refractivity contribution >= 4 is 53.3 Å². The fourth-order valence-electron chi connectivity index (χ4n) is 4.04. The second-order valence-electron chi connectivity index (χ2n) is 12.2. The zero-order valence-corrected chi connectivity index (χ0v) is 29.0. The molecule has 0 aliphatic carbocycles. The second kappa shape index (κ2) is 21.8. The van der Waals surface area contributed by atoms with Crippen molar-refractivity contribution in [3.63, 3.8) is 0 Å². The number of guanidine groups is 1. The number of nitrogens with zero attached hydrogens (tertiary/aromatic N) is 1. The molecule has 0 aliphatic heterocycles. The monoisotopic (exact) mass is 716 g/mol. The molecule has 0 radical (unpaired) electrons. The molecule has 0 saturated heterocycles. The van der Waals surface area contributed by atoms with E-state index in [1.807, 2.05) is 0 Å². The molecule has 0 heterocycles. The maximum Gasteiger partial charge on any atom is 0.326 e. The minimum atomic E-state index is -1.75. The number of aliphatic carboxylic acids is 2. The van der Waals surface area contributed by atoms with Crippen LogP contribution in [0.4, 0.5) is 0 Å². The summed E-state index contributed by atoms with van der Waals surface area (Å²) in [6.07, 6.45) is -0.925. The Morgan fingerprint density at radius 3 is 1.56 bits per heavy atom. The van der Waals surface area contributed by atoms with Crippen LogP contribution >= 0.6 is 0 Å². The number of carboxylic acids is 2. The first-order valence-electron chi connectivity index (χ1n) is 15.8. The number of aliphatic hydroxyl groups excluding tert-OH is 1. The van der Waals surface area contributed by atoms with Gasteiger partial charge in [0.2, 0.25) is 35.4 Å². The van der Waals surface area contributed by atoms with Gasteiger partial charge in [-0.15, -0.1) is 0 Å². The van der Waals surface area contributed by atoms with Crippen LogP contribution in [0.2, 0.25) is 0 Å². The molecule has 284 valence electrons. The number of carboxylic acid groups (broad SMARTS) is 2. The number of aliphatic imine (C=N–C) groups is 1. The summed E-state index contributed by atoms with van der Waals surface area (Å²) < 4.78 is 0. The summed E-state index contributed by atoms with van der Waals surface area (Å²) in [5.74, 6) is -9.29. The molecule has 0 aromatic heterocycles. The molecule has 0 rings (SSSR count). The van der Waals surface area contributed by atoms with Crippen LogP contribution in [0.25, 0.3) is 0 Å². The lowest BCUT2D eigenvalue weighted by Crippen LogP contribution is -2.60. The van der Waals surface area contributed by atoms with E-state index >= 15 is 0 Å². The van der Waals surface area contributed by atoms with E-state index in [1.54, 1.807) is 27.7 Å². The van der Waals surface area contributed by atoms with Gasteiger partial charge in [-0.25, -0.2) is 4.79 Å². The first kappa shape index (κ1) is 44.9. The van der Waals surface area contributed by atoms with E-state index in [0.29, 0.717) is 0 Å². The zero-order chi connectivity index (χ0) is 38.9. The third-order valence-corrected chi connectivity index (χ3v) is 7.16. The van der Waals surface area contributed by atoms with Crippen molar-refractivity contribution < 1.29 is 53.7 Å². The first-order chi connectivity index (χ1) is 23.1. The Morgan fingerprint density at radius 2 is 1.10 bits per heavy atom. The minimum Gasteiger partial charge on any atom is -0.481 e. The Bertz CT molecular complexity index is 1260. The van der Waals surface area contributed by atoms with Gasteiger partial charge < -0.3 is 64.4 Å². The third kappa shape index (κ3) is 16.4. The number of carbonyl (C=O) groups excluding carboxylic acids is 6. The van der Waals surface area contributed by atoms with Gasteiger partial charge in [0.1, 0.15) is 36.3 Å². The number of hydrogen-bond donors (Lipinski definition) is 12. The Kier molecular flexibility index (Phi) is 19.6. The molecule has 21 heteroatoms. The van der Waals surface area contributed by atoms with Crippen LogP contribution in [-0.2, 0) is 38.4 Å². The number of hydrogen-bond acceptors (Lipinski definition) is 11.